The third-order valence-corrected chi connectivity index (χ3v) is 3.44. The fraction of sp³-hybridized carbons (Fsp3) is 0.636. The summed E-state index contributed by atoms with van der Waals surface area (Å²) < 4.78 is 1.40. The van der Waals surface area contributed by atoms with E-state index in [9.17, 15) is 14.7 Å². The first-order valence-corrected chi connectivity index (χ1v) is 5.95. The van der Waals surface area contributed by atoms with Crippen molar-refractivity contribution >= 4 is 11.9 Å². The van der Waals surface area contributed by atoms with Crippen LogP contribution in [-0.4, -0.2) is 37.3 Å². The maximum absolute atomic E-state index is 12.0. The summed E-state index contributed by atoms with van der Waals surface area (Å²) in [5.74, 6) is -1.30. The summed E-state index contributed by atoms with van der Waals surface area (Å²) in [6.45, 7) is 1.66. The summed E-state index contributed by atoms with van der Waals surface area (Å²) in [5, 5.41) is 15.8. The Morgan fingerprint density at radius 1 is 1.44 bits per heavy atom. The van der Waals surface area contributed by atoms with Crippen molar-refractivity contribution in [2.45, 2.75) is 44.2 Å². The molecule has 1 unspecified atom stereocenters. The third-order valence-electron chi connectivity index (χ3n) is 3.44. The average Bonchev–Trinajstić information content (AvgIpc) is 2.99. The van der Waals surface area contributed by atoms with E-state index >= 15 is 0 Å². The van der Waals surface area contributed by atoms with Gasteiger partial charge in [-0.3, -0.25) is 4.79 Å². The molecule has 0 bridgehead atoms. The molecular formula is C11H16N4O3. The summed E-state index contributed by atoms with van der Waals surface area (Å²) in [6, 6.07) is -0.565. The van der Waals surface area contributed by atoms with E-state index in [1.807, 2.05) is 0 Å². The number of hydrogen-bond acceptors (Lipinski definition) is 4. The summed E-state index contributed by atoms with van der Waals surface area (Å²) in [4.78, 5) is 27.1. The van der Waals surface area contributed by atoms with Crippen molar-refractivity contribution in [2.75, 3.05) is 0 Å². The number of nitrogens with zero attached hydrogens (tertiary/aromatic N) is 3. The molecule has 0 aromatic carbocycles. The second-order valence-electron chi connectivity index (χ2n) is 4.64. The number of amides is 1. The lowest BCUT2D eigenvalue weighted by atomic mass is 9.97. The van der Waals surface area contributed by atoms with Gasteiger partial charge < -0.3 is 10.4 Å². The highest BCUT2D eigenvalue weighted by molar-refractivity contribution is 5.88. The zero-order chi connectivity index (χ0) is 13.2. The van der Waals surface area contributed by atoms with Crippen LogP contribution in [0.3, 0.4) is 0 Å². The van der Waals surface area contributed by atoms with Gasteiger partial charge in [0.1, 0.15) is 24.2 Å². The molecule has 1 aromatic rings. The molecule has 7 nitrogen and oxygen atoms in total. The van der Waals surface area contributed by atoms with Crippen molar-refractivity contribution in [2.24, 2.45) is 0 Å². The number of aliphatic carboxylic acids is 1. The number of rotatable bonds is 4. The van der Waals surface area contributed by atoms with E-state index < -0.39 is 17.6 Å². The van der Waals surface area contributed by atoms with E-state index in [0.29, 0.717) is 12.8 Å². The molecule has 1 aliphatic carbocycles. The average molecular weight is 252 g/mol. The maximum Gasteiger partial charge on any atom is 0.329 e. The molecule has 0 radical (unpaired) electrons. The Hall–Kier alpha value is -1.92. The number of hydrogen-bond donors (Lipinski definition) is 2. The van der Waals surface area contributed by atoms with Gasteiger partial charge in [-0.05, 0) is 19.8 Å². The summed E-state index contributed by atoms with van der Waals surface area (Å²) in [6.07, 6.45) is 5.39. The first-order chi connectivity index (χ1) is 8.55. The molecule has 7 heteroatoms. The van der Waals surface area contributed by atoms with Gasteiger partial charge in [0.25, 0.3) is 0 Å². The number of carboxylic acid groups (broad SMARTS) is 1. The predicted octanol–water partition coefficient (Wildman–Crippen LogP) is 0.353. The Morgan fingerprint density at radius 3 is 2.61 bits per heavy atom. The zero-order valence-electron chi connectivity index (χ0n) is 10.2. The topological polar surface area (TPSA) is 97.1 Å². The van der Waals surface area contributed by atoms with Crippen LogP contribution in [0.1, 0.15) is 38.6 Å². The summed E-state index contributed by atoms with van der Waals surface area (Å²) >= 11 is 0. The highest BCUT2D eigenvalue weighted by atomic mass is 16.4. The normalized spacial score (nSPS) is 19.4. The van der Waals surface area contributed by atoms with E-state index in [1.165, 1.54) is 17.3 Å². The number of carbonyl (C=O) groups is 2. The van der Waals surface area contributed by atoms with Crippen molar-refractivity contribution in [3.63, 3.8) is 0 Å². The van der Waals surface area contributed by atoms with E-state index in [4.69, 9.17) is 0 Å². The molecule has 18 heavy (non-hydrogen) atoms. The van der Waals surface area contributed by atoms with Gasteiger partial charge in [-0.15, -0.1) is 0 Å². The fourth-order valence-corrected chi connectivity index (χ4v) is 2.25. The number of aromatic nitrogens is 3. The molecule has 98 valence electrons. The van der Waals surface area contributed by atoms with Crippen molar-refractivity contribution in [1.29, 1.82) is 0 Å². The number of carboxylic acids is 1. The third kappa shape index (κ3) is 2.20. The van der Waals surface area contributed by atoms with Crippen LogP contribution in [0.4, 0.5) is 0 Å². The maximum atomic E-state index is 12.0. The van der Waals surface area contributed by atoms with Crippen LogP contribution in [0.25, 0.3) is 0 Å². The van der Waals surface area contributed by atoms with Gasteiger partial charge in [-0.25, -0.2) is 14.5 Å². The van der Waals surface area contributed by atoms with Gasteiger partial charge in [0.2, 0.25) is 5.91 Å². The SMILES string of the molecule is CC(C(=O)NC1(C(=O)O)CCCC1)n1cncn1. The highest BCUT2D eigenvalue weighted by Gasteiger charge is 2.43. The van der Waals surface area contributed by atoms with Crippen LogP contribution in [0.15, 0.2) is 12.7 Å². The second-order valence-corrected chi connectivity index (χ2v) is 4.64. The lowest BCUT2D eigenvalue weighted by molar-refractivity contribution is -0.148. The Bertz CT molecular complexity index is 437. The molecular weight excluding hydrogens is 236 g/mol. The van der Waals surface area contributed by atoms with Gasteiger partial charge in [-0.1, -0.05) is 12.8 Å². The minimum Gasteiger partial charge on any atom is -0.480 e. The van der Waals surface area contributed by atoms with Gasteiger partial charge in [-0.2, -0.15) is 5.10 Å². The first kappa shape index (κ1) is 12.5. The molecule has 0 aliphatic heterocycles. The molecule has 1 amide bonds. The minimum atomic E-state index is -1.11. The zero-order valence-corrected chi connectivity index (χ0v) is 10.2. The predicted molar refractivity (Wildman–Crippen MR) is 61.7 cm³/mol. The molecule has 2 rings (SSSR count). The second kappa shape index (κ2) is 4.75. The molecule has 0 saturated heterocycles. The summed E-state index contributed by atoms with van der Waals surface area (Å²) in [7, 11) is 0. The van der Waals surface area contributed by atoms with Crippen molar-refractivity contribution in [3.05, 3.63) is 12.7 Å². The lowest BCUT2D eigenvalue weighted by Gasteiger charge is -2.26. The quantitative estimate of drug-likeness (QED) is 0.806. The Balaban J connectivity index is 2.08. The van der Waals surface area contributed by atoms with Crippen molar-refractivity contribution in [3.8, 4) is 0 Å². The van der Waals surface area contributed by atoms with Crippen LogP contribution >= 0.6 is 0 Å². The lowest BCUT2D eigenvalue weighted by Crippen LogP contribution is -2.54. The van der Waals surface area contributed by atoms with Gasteiger partial charge in [0, 0.05) is 0 Å². The Labute approximate surface area is 104 Å². The molecule has 1 fully saturated rings. The molecule has 1 atom stereocenters. The van der Waals surface area contributed by atoms with E-state index in [2.05, 4.69) is 15.4 Å². The highest BCUT2D eigenvalue weighted by Crippen LogP contribution is 2.30. The number of nitrogens with one attached hydrogen (secondary N) is 1. The van der Waals surface area contributed by atoms with E-state index in [-0.39, 0.29) is 5.91 Å². The monoisotopic (exact) mass is 252 g/mol. The standard InChI is InChI=1S/C11H16N4O3/c1-8(15-7-12-6-13-15)9(16)14-11(10(17)18)4-2-3-5-11/h6-8H,2-5H2,1H3,(H,14,16)(H,17,18). The van der Waals surface area contributed by atoms with Crippen molar-refractivity contribution in [1.82, 2.24) is 20.1 Å². The van der Waals surface area contributed by atoms with Gasteiger partial charge >= 0.3 is 5.97 Å². The van der Waals surface area contributed by atoms with E-state index in [1.54, 1.807) is 6.92 Å². The first-order valence-electron chi connectivity index (χ1n) is 5.95. The Morgan fingerprint density at radius 2 is 2.11 bits per heavy atom. The molecule has 1 saturated carbocycles. The molecule has 1 aliphatic rings. The minimum absolute atomic E-state index is 0.343. The van der Waals surface area contributed by atoms with Crippen LogP contribution in [0.2, 0.25) is 0 Å². The Kier molecular flexibility index (Phi) is 3.31. The fourth-order valence-electron chi connectivity index (χ4n) is 2.25. The molecule has 0 spiro atoms. The van der Waals surface area contributed by atoms with Crippen molar-refractivity contribution < 1.29 is 14.7 Å². The van der Waals surface area contributed by atoms with Crippen LogP contribution in [0, 0.1) is 0 Å². The molecule has 2 N–H and O–H groups in total. The van der Waals surface area contributed by atoms with Gasteiger partial charge in [0.05, 0.1) is 0 Å². The molecule has 1 heterocycles. The van der Waals surface area contributed by atoms with Crippen LogP contribution < -0.4 is 5.32 Å². The van der Waals surface area contributed by atoms with Crippen LogP contribution in [-0.2, 0) is 9.59 Å². The largest absolute Gasteiger partial charge is 0.480 e. The van der Waals surface area contributed by atoms with Gasteiger partial charge in [0.15, 0.2) is 0 Å². The molecule has 1 aromatic heterocycles. The van der Waals surface area contributed by atoms with E-state index in [0.717, 1.165) is 12.8 Å². The number of carbonyl (C=O) groups excluding carboxylic acids is 1. The smallest absolute Gasteiger partial charge is 0.329 e. The van der Waals surface area contributed by atoms with Crippen LogP contribution in [0.5, 0.6) is 0 Å². The summed E-state index contributed by atoms with van der Waals surface area (Å²) in [5.41, 5.74) is -1.11.